The van der Waals surface area contributed by atoms with Gasteiger partial charge in [0.15, 0.2) is 0 Å². The van der Waals surface area contributed by atoms with Crippen LogP contribution in [-0.4, -0.2) is 42.1 Å². The summed E-state index contributed by atoms with van der Waals surface area (Å²) in [6.45, 7) is 0. The van der Waals surface area contributed by atoms with Crippen LogP contribution < -0.4 is 0 Å². The Morgan fingerprint density at radius 3 is 2.95 bits per heavy atom. The third-order valence-electron chi connectivity index (χ3n) is 4.81. The SMILES string of the molecule is COC(=O)C1C(c2ccccn2)CC2CCC1N2C. The van der Waals surface area contributed by atoms with E-state index < -0.39 is 0 Å². The number of hydrogen-bond acceptors (Lipinski definition) is 4. The van der Waals surface area contributed by atoms with Gasteiger partial charge in [0, 0.05) is 29.9 Å². The van der Waals surface area contributed by atoms with Gasteiger partial charge in [0.05, 0.1) is 13.0 Å². The molecule has 2 fully saturated rings. The third-order valence-corrected chi connectivity index (χ3v) is 4.81. The van der Waals surface area contributed by atoms with Crippen molar-refractivity contribution in [1.29, 1.82) is 0 Å². The first-order chi connectivity index (χ1) is 9.22. The van der Waals surface area contributed by atoms with Gasteiger partial charge in [-0.2, -0.15) is 0 Å². The van der Waals surface area contributed by atoms with Gasteiger partial charge in [0.25, 0.3) is 0 Å². The minimum atomic E-state index is -0.0900. The van der Waals surface area contributed by atoms with Crippen LogP contribution in [0.1, 0.15) is 30.9 Å². The molecule has 2 saturated heterocycles. The van der Waals surface area contributed by atoms with E-state index in [9.17, 15) is 4.79 Å². The van der Waals surface area contributed by atoms with Crippen LogP contribution in [0.15, 0.2) is 24.4 Å². The van der Waals surface area contributed by atoms with Crippen LogP contribution in [0, 0.1) is 5.92 Å². The molecule has 2 bridgehead atoms. The molecule has 0 amide bonds. The highest BCUT2D eigenvalue weighted by Crippen LogP contribution is 2.45. The maximum Gasteiger partial charge on any atom is 0.310 e. The van der Waals surface area contributed by atoms with Gasteiger partial charge in [-0.05, 0) is 38.4 Å². The van der Waals surface area contributed by atoms with Gasteiger partial charge in [0.1, 0.15) is 0 Å². The Balaban J connectivity index is 1.96. The molecule has 4 heteroatoms. The maximum absolute atomic E-state index is 12.2. The van der Waals surface area contributed by atoms with Crippen LogP contribution in [0.2, 0.25) is 0 Å². The van der Waals surface area contributed by atoms with Crippen molar-refractivity contribution in [3.8, 4) is 0 Å². The van der Waals surface area contributed by atoms with Crippen LogP contribution in [0.5, 0.6) is 0 Å². The van der Waals surface area contributed by atoms with Crippen molar-refractivity contribution in [3.63, 3.8) is 0 Å². The molecule has 1 aromatic rings. The molecule has 2 aliphatic heterocycles. The van der Waals surface area contributed by atoms with Crippen LogP contribution in [0.25, 0.3) is 0 Å². The minimum absolute atomic E-state index is 0.0800. The maximum atomic E-state index is 12.2. The summed E-state index contributed by atoms with van der Waals surface area (Å²) in [5.74, 6) is 0.0267. The molecule has 1 aromatic heterocycles. The van der Waals surface area contributed by atoms with Crippen LogP contribution in [-0.2, 0) is 9.53 Å². The molecule has 4 nitrogen and oxygen atoms in total. The lowest BCUT2D eigenvalue weighted by atomic mass is 9.78. The number of aromatic nitrogens is 1. The van der Waals surface area contributed by atoms with E-state index in [0.717, 1.165) is 18.5 Å². The lowest BCUT2D eigenvalue weighted by Crippen LogP contribution is -2.49. The fourth-order valence-corrected chi connectivity index (χ4v) is 3.82. The summed E-state index contributed by atoms with van der Waals surface area (Å²) in [6, 6.07) is 6.83. The van der Waals surface area contributed by atoms with Gasteiger partial charge in [0.2, 0.25) is 0 Å². The molecule has 4 unspecified atom stereocenters. The van der Waals surface area contributed by atoms with E-state index in [2.05, 4.69) is 16.9 Å². The second kappa shape index (κ2) is 4.93. The zero-order chi connectivity index (χ0) is 13.4. The topological polar surface area (TPSA) is 42.4 Å². The van der Waals surface area contributed by atoms with Crippen molar-refractivity contribution >= 4 is 5.97 Å². The summed E-state index contributed by atoms with van der Waals surface area (Å²) < 4.78 is 5.05. The Kier molecular flexibility index (Phi) is 3.27. The molecule has 2 aliphatic rings. The van der Waals surface area contributed by atoms with E-state index in [1.54, 1.807) is 0 Å². The number of pyridine rings is 1. The number of fused-ring (bicyclic) bond motifs is 2. The van der Waals surface area contributed by atoms with Crippen LogP contribution >= 0.6 is 0 Å². The molecule has 3 rings (SSSR count). The first-order valence-corrected chi connectivity index (χ1v) is 6.93. The molecule has 0 radical (unpaired) electrons. The zero-order valence-electron chi connectivity index (χ0n) is 11.5. The van der Waals surface area contributed by atoms with Gasteiger partial charge in [-0.15, -0.1) is 0 Å². The van der Waals surface area contributed by atoms with E-state index in [1.165, 1.54) is 13.5 Å². The summed E-state index contributed by atoms with van der Waals surface area (Å²) in [5.41, 5.74) is 1.03. The Morgan fingerprint density at radius 1 is 1.42 bits per heavy atom. The number of rotatable bonds is 2. The minimum Gasteiger partial charge on any atom is -0.469 e. The Morgan fingerprint density at radius 2 is 2.26 bits per heavy atom. The summed E-state index contributed by atoms with van der Waals surface area (Å²) >= 11 is 0. The van der Waals surface area contributed by atoms with Gasteiger partial charge < -0.3 is 4.74 Å². The molecule has 0 saturated carbocycles. The van der Waals surface area contributed by atoms with Crippen molar-refractivity contribution in [3.05, 3.63) is 30.1 Å². The monoisotopic (exact) mass is 260 g/mol. The summed E-state index contributed by atoms with van der Waals surface area (Å²) in [7, 11) is 3.62. The first kappa shape index (κ1) is 12.6. The third kappa shape index (κ3) is 2.04. The average Bonchev–Trinajstić information content (AvgIpc) is 2.70. The molecule has 4 atom stereocenters. The number of piperidine rings is 1. The van der Waals surface area contributed by atoms with E-state index >= 15 is 0 Å². The number of carbonyl (C=O) groups is 1. The van der Waals surface area contributed by atoms with E-state index in [1.807, 2.05) is 24.4 Å². The quantitative estimate of drug-likeness (QED) is 0.761. The summed E-state index contributed by atoms with van der Waals surface area (Å²) in [4.78, 5) is 19.0. The summed E-state index contributed by atoms with van der Waals surface area (Å²) in [5, 5.41) is 0. The number of methoxy groups -OCH3 is 1. The fourth-order valence-electron chi connectivity index (χ4n) is 3.82. The normalized spacial score (nSPS) is 34.2. The number of esters is 1. The van der Waals surface area contributed by atoms with Gasteiger partial charge in [-0.1, -0.05) is 6.07 Å². The molecule has 3 heterocycles. The molecular formula is C15H20N2O2. The van der Waals surface area contributed by atoms with Crippen LogP contribution in [0.3, 0.4) is 0 Å². The molecular weight excluding hydrogens is 240 g/mol. The number of carbonyl (C=O) groups excluding carboxylic acids is 1. The van der Waals surface area contributed by atoms with Gasteiger partial charge in [-0.3, -0.25) is 14.7 Å². The summed E-state index contributed by atoms with van der Waals surface area (Å²) in [6.07, 6.45) is 5.08. The van der Waals surface area contributed by atoms with Crippen molar-refractivity contribution in [1.82, 2.24) is 9.88 Å². The second-order valence-electron chi connectivity index (χ2n) is 5.61. The molecule has 102 valence electrons. The smallest absolute Gasteiger partial charge is 0.310 e. The van der Waals surface area contributed by atoms with E-state index in [-0.39, 0.29) is 17.8 Å². The number of ether oxygens (including phenoxy) is 1. The standard InChI is InChI=1S/C15H20N2O2/c1-17-10-6-7-13(17)14(15(18)19-2)11(9-10)12-5-3-4-8-16-12/h3-5,8,10-11,13-14H,6-7,9H2,1-2H3. The molecule has 0 aliphatic carbocycles. The van der Waals surface area contributed by atoms with Crippen molar-refractivity contribution in [2.24, 2.45) is 5.92 Å². The lowest BCUT2D eigenvalue weighted by molar-refractivity contribution is -0.150. The second-order valence-corrected chi connectivity index (χ2v) is 5.61. The first-order valence-electron chi connectivity index (χ1n) is 6.93. The molecule has 0 N–H and O–H groups in total. The molecule has 0 aromatic carbocycles. The number of hydrogen-bond donors (Lipinski definition) is 0. The zero-order valence-corrected chi connectivity index (χ0v) is 11.5. The molecule has 0 spiro atoms. The Hall–Kier alpha value is -1.42. The highest BCUT2D eigenvalue weighted by molar-refractivity contribution is 5.74. The lowest BCUT2D eigenvalue weighted by Gasteiger charge is -2.41. The van der Waals surface area contributed by atoms with Crippen molar-refractivity contribution in [2.75, 3.05) is 14.2 Å². The fraction of sp³-hybridized carbons (Fsp3) is 0.600. The largest absolute Gasteiger partial charge is 0.469 e. The number of nitrogens with zero attached hydrogens (tertiary/aromatic N) is 2. The van der Waals surface area contributed by atoms with E-state index in [4.69, 9.17) is 4.74 Å². The average molecular weight is 260 g/mol. The van der Waals surface area contributed by atoms with Gasteiger partial charge >= 0.3 is 5.97 Å². The van der Waals surface area contributed by atoms with E-state index in [0.29, 0.717) is 12.1 Å². The predicted molar refractivity (Wildman–Crippen MR) is 71.7 cm³/mol. The Labute approximate surface area is 113 Å². The van der Waals surface area contributed by atoms with Crippen molar-refractivity contribution in [2.45, 2.75) is 37.3 Å². The highest BCUT2D eigenvalue weighted by Gasteiger charge is 2.49. The van der Waals surface area contributed by atoms with Crippen molar-refractivity contribution < 1.29 is 9.53 Å². The van der Waals surface area contributed by atoms with Crippen LogP contribution in [0.4, 0.5) is 0 Å². The predicted octanol–water partition coefficient (Wildman–Crippen LogP) is 1.82. The molecule has 19 heavy (non-hydrogen) atoms. The Bertz CT molecular complexity index is 462. The highest BCUT2D eigenvalue weighted by atomic mass is 16.5. The van der Waals surface area contributed by atoms with Gasteiger partial charge in [-0.25, -0.2) is 0 Å².